The van der Waals surface area contributed by atoms with E-state index in [1.807, 2.05) is 13.8 Å². The maximum Gasteiger partial charge on any atom is 0.326 e. The van der Waals surface area contributed by atoms with Gasteiger partial charge in [-0.2, -0.15) is 0 Å². The number of carbonyl (C=O) groups excluding carboxylic acids is 3. The van der Waals surface area contributed by atoms with Gasteiger partial charge in [0.05, 0.1) is 12.4 Å². The van der Waals surface area contributed by atoms with Crippen molar-refractivity contribution < 1.29 is 24.3 Å². The average molecular weight is 439 g/mol. The van der Waals surface area contributed by atoms with Gasteiger partial charge >= 0.3 is 5.97 Å². The van der Waals surface area contributed by atoms with Gasteiger partial charge in [-0.1, -0.05) is 27.7 Å². The van der Waals surface area contributed by atoms with Gasteiger partial charge in [0, 0.05) is 18.3 Å². The van der Waals surface area contributed by atoms with Crippen LogP contribution in [0.25, 0.3) is 0 Å². The van der Waals surface area contributed by atoms with E-state index in [4.69, 9.17) is 5.73 Å². The summed E-state index contributed by atoms with van der Waals surface area (Å²) >= 11 is 0. The van der Waals surface area contributed by atoms with E-state index in [2.05, 4.69) is 25.9 Å². The molecule has 0 aliphatic carbocycles. The van der Waals surface area contributed by atoms with Gasteiger partial charge in [-0.15, -0.1) is 0 Å². The van der Waals surface area contributed by atoms with Gasteiger partial charge in [-0.05, 0) is 25.2 Å². The van der Waals surface area contributed by atoms with E-state index in [0.29, 0.717) is 5.69 Å². The van der Waals surface area contributed by atoms with Gasteiger partial charge in [0.2, 0.25) is 17.7 Å². The van der Waals surface area contributed by atoms with E-state index >= 15 is 0 Å². The second kappa shape index (κ2) is 12.0. The van der Waals surface area contributed by atoms with Crippen LogP contribution in [-0.4, -0.2) is 62.9 Å². The molecule has 0 aromatic carbocycles. The molecule has 0 aliphatic rings. The molecule has 0 saturated heterocycles. The molecule has 31 heavy (non-hydrogen) atoms. The van der Waals surface area contributed by atoms with Crippen molar-refractivity contribution in [2.24, 2.45) is 17.6 Å². The molecule has 0 spiro atoms. The van der Waals surface area contributed by atoms with Crippen molar-refractivity contribution >= 4 is 23.7 Å². The Morgan fingerprint density at radius 1 is 1.00 bits per heavy atom. The van der Waals surface area contributed by atoms with Crippen molar-refractivity contribution in [3.63, 3.8) is 0 Å². The summed E-state index contributed by atoms with van der Waals surface area (Å²) in [4.78, 5) is 56.0. The van der Waals surface area contributed by atoms with Crippen molar-refractivity contribution in [3.8, 4) is 0 Å². The number of nitrogens with one attached hydrogen (secondary N) is 4. The lowest BCUT2D eigenvalue weighted by molar-refractivity contribution is -0.143. The first kappa shape index (κ1) is 26.1. The van der Waals surface area contributed by atoms with Crippen LogP contribution in [0, 0.1) is 11.8 Å². The lowest BCUT2D eigenvalue weighted by atomic mass is 9.99. The molecule has 4 unspecified atom stereocenters. The molecule has 0 bridgehead atoms. The highest BCUT2D eigenvalue weighted by molar-refractivity contribution is 5.94. The Morgan fingerprint density at radius 3 is 2.06 bits per heavy atom. The van der Waals surface area contributed by atoms with E-state index in [0.717, 1.165) is 0 Å². The first-order chi connectivity index (χ1) is 14.4. The minimum Gasteiger partial charge on any atom is -0.480 e. The van der Waals surface area contributed by atoms with Crippen molar-refractivity contribution in [1.82, 2.24) is 25.9 Å². The van der Waals surface area contributed by atoms with E-state index in [9.17, 15) is 24.3 Å². The summed E-state index contributed by atoms with van der Waals surface area (Å²) in [6.07, 6.45) is 3.34. The molecule has 0 fully saturated rings. The van der Waals surface area contributed by atoms with Crippen molar-refractivity contribution in [2.75, 3.05) is 0 Å². The van der Waals surface area contributed by atoms with Crippen LogP contribution < -0.4 is 21.7 Å². The lowest BCUT2D eigenvalue weighted by Crippen LogP contribution is -2.58. The van der Waals surface area contributed by atoms with Crippen LogP contribution in [0.15, 0.2) is 12.5 Å². The van der Waals surface area contributed by atoms with E-state index in [1.165, 1.54) is 19.4 Å². The molecule has 1 heterocycles. The van der Waals surface area contributed by atoms with Gasteiger partial charge in [0.1, 0.15) is 18.1 Å². The Bertz CT molecular complexity index is 747. The molecular weight excluding hydrogens is 404 g/mol. The highest BCUT2D eigenvalue weighted by Crippen LogP contribution is 2.09. The SMILES string of the molecule is CC(C)CC(NC(=O)C(NC(=O)C(Cc1cnc[nH]1)NC(=O)C(C)N)C(C)C)C(=O)O. The quantitative estimate of drug-likeness (QED) is 0.255. The molecule has 0 saturated carbocycles. The summed E-state index contributed by atoms with van der Waals surface area (Å²) < 4.78 is 0. The number of H-pyrrole nitrogens is 1. The number of aliphatic carboxylic acids is 1. The second-order valence-corrected chi connectivity index (χ2v) is 8.39. The third-order valence-corrected chi connectivity index (χ3v) is 4.59. The molecule has 11 heteroatoms. The third-order valence-electron chi connectivity index (χ3n) is 4.59. The number of hydrogen-bond donors (Lipinski definition) is 6. The number of aromatic nitrogens is 2. The number of carboxylic acid groups (broad SMARTS) is 1. The molecule has 7 N–H and O–H groups in total. The average Bonchev–Trinajstić information content (AvgIpc) is 3.16. The normalized spacial score (nSPS) is 15.1. The Morgan fingerprint density at radius 2 is 1.61 bits per heavy atom. The minimum absolute atomic E-state index is 0.0562. The molecule has 11 nitrogen and oxygen atoms in total. The number of imidazole rings is 1. The standard InChI is InChI=1S/C20H34N6O5/c1-10(2)6-15(20(30)31)25-19(29)16(11(3)4)26-18(28)14(24-17(27)12(5)21)7-13-8-22-9-23-13/h8-12,14-16H,6-7,21H2,1-5H3,(H,22,23)(H,24,27)(H,25,29)(H,26,28)(H,30,31). The maximum absolute atomic E-state index is 12.9. The van der Waals surface area contributed by atoms with Gasteiger partial charge in [0.25, 0.3) is 0 Å². The largest absolute Gasteiger partial charge is 0.480 e. The monoisotopic (exact) mass is 438 g/mol. The molecule has 0 aliphatic heterocycles. The minimum atomic E-state index is -1.14. The van der Waals surface area contributed by atoms with Crippen LogP contribution >= 0.6 is 0 Å². The summed E-state index contributed by atoms with van der Waals surface area (Å²) in [6.45, 7) is 8.65. The molecule has 3 amide bonds. The molecule has 4 atom stereocenters. The summed E-state index contributed by atoms with van der Waals surface area (Å²) in [6, 6.07) is -3.88. The third kappa shape index (κ3) is 8.75. The molecular formula is C20H34N6O5. The van der Waals surface area contributed by atoms with Crippen molar-refractivity contribution in [1.29, 1.82) is 0 Å². The number of rotatable bonds is 12. The van der Waals surface area contributed by atoms with Gasteiger partial charge < -0.3 is 31.8 Å². The second-order valence-electron chi connectivity index (χ2n) is 8.39. The van der Waals surface area contributed by atoms with Crippen LogP contribution in [0.2, 0.25) is 0 Å². The zero-order valence-corrected chi connectivity index (χ0v) is 18.6. The number of nitrogens with zero attached hydrogens (tertiary/aromatic N) is 1. The van der Waals surface area contributed by atoms with Crippen molar-refractivity contribution in [2.45, 2.75) is 71.6 Å². The summed E-state index contributed by atoms with van der Waals surface area (Å²) in [5.41, 5.74) is 6.20. The number of aromatic amines is 1. The smallest absolute Gasteiger partial charge is 0.326 e. The zero-order valence-electron chi connectivity index (χ0n) is 18.6. The topological polar surface area (TPSA) is 179 Å². The number of carboxylic acids is 1. The molecule has 174 valence electrons. The Labute approximate surface area is 181 Å². The summed E-state index contributed by atoms with van der Waals surface area (Å²) in [5.74, 6) is -3.12. The van der Waals surface area contributed by atoms with Crippen LogP contribution in [0.5, 0.6) is 0 Å². The Hall–Kier alpha value is -2.95. The first-order valence-corrected chi connectivity index (χ1v) is 10.3. The van der Waals surface area contributed by atoms with E-state index in [1.54, 1.807) is 13.8 Å². The maximum atomic E-state index is 12.9. The van der Waals surface area contributed by atoms with E-state index < -0.39 is 47.9 Å². The fourth-order valence-corrected chi connectivity index (χ4v) is 2.87. The van der Waals surface area contributed by atoms with Crippen molar-refractivity contribution in [3.05, 3.63) is 18.2 Å². The highest BCUT2D eigenvalue weighted by Gasteiger charge is 2.32. The van der Waals surface area contributed by atoms with Gasteiger partial charge in [0.15, 0.2) is 0 Å². The van der Waals surface area contributed by atoms with Crippen LogP contribution in [0.4, 0.5) is 0 Å². The lowest BCUT2D eigenvalue weighted by Gasteiger charge is -2.27. The van der Waals surface area contributed by atoms with Gasteiger partial charge in [-0.25, -0.2) is 9.78 Å². The van der Waals surface area contributed by atoms with Gasteiger partial charge in [-0.3, -0.25) is 14.4 Å². The summed E-state index contributed by atoms with van der Waals surface area (Å²) in [5, 5.41) is 17.1. The Kier molecular flexibility index (Phi) is 10.1. The Balaban J connectivity index is 2.97. The van der Waals surface area contributed by atoms with E-state index in [-0.39, 0.29) is 24.7 Å². The number of hydrogen-bond acceptors (Lipinski definition) is 6. The predicted octanol–water partition coefficient (Wildman–Crippen LogP) is -0.459. The zero-order chi connectivity index (χ0) is 23.7. The van der Waals surface area contributed by atoms with Crippen LogP contribution in [-0.2, 0) is 25.6 Å². The first-order valence-electron chi connectivity index (χ1n) is 10.3. The fourth-order valence-electron chi connectivity index (χ4n) is 2.87. The highest BCUT2D eigenvalue weighted by atomic mass is 16.4. The number of nitrogens with two attached hydrogens (primary N) is 1. The fraction of sp³-hybridized carbons (Fsp3) is 0.650. The number of amides is 3. The molecule has 0 radical (unpaired) electrons. The molecule has 1 rings (SSSR count). The summed E-state index contributed by atoms with van der Waals surface area (Å²) in [7, 11) is 0. The predicted molar refractivity (Wildman–Crippen MR) is 114 cm³/mol. The van der Waals surface area contributed by atoms with Crippen LogP contribution in [0.1, 0.15) is 46.7 Å². The molecule has 1 aromatic heterocycles. The number of carbonyl (C=O) groups is 4. The molecule has 1 aromatic rings. The van der Waals surface area contributed by atoms with Crippen LogP contribution in [0.3, 0.4) is 0 Å².